The number of rotatable bonds is 6. The molecular weight excluding hydrogens is 460 g/mol. The maximum absolute atomic E-state index is 13.3. The Morgan fingerprint density at radius 3 is 2.56 bits per heavy atom. The normalized spacial score (nSPS) is 14.1. The Hall–Kier alpha value is -4.40. The van der Waals surface area contributed by atoms with Crippen LogP contribution in [0, 0.1) is 16.0 Å². The molecule has 1 aliphatic rings. The molecule has 9 heteroatoms. The zero-order valence-corrected chi connectivity index (χ0v) is 20.1. The summed E-state index contributed by atoms with van der Waals surface area (Å²) in [5.41, 5.74) is 3.35. The molecule has 0 bridgehead atoms. The lowest BCUT2D eigenvalue weighted by molar-refractivity contribution is -0.384. The number of aromatic nitrogens is 1. The van der Waals surface area contributed by atoms with Crippen LogP contribution in [0.5, 0.6) is 5.75 Å². The van der Waals surface area contributed by atoms with Crippen LogP contribution < -0.4 is 15.0 Å². The SMILES string of the molecule is COc1ccc(-c2nc3cc(NC(=O)c4cc([N+](=O)[O-])ccc4N4CCC(C)CC4)ccc3o2)cc1. The van der Waals surface area contributed by atoms with E-state index >= 15 is 0 Å². The van der Waals surface area contributed by atoms with E-state index in [1.54, 1.807) is 31.4 Å². The number of piperidine rings is 1. The number of fused-ring (bicyclic) bond motifs is 1. The summed E-state index contributed by atoms with van der Waals surface area (Å²) in [6, 6.07) is 17.0. The number of nitro groups is 1. The summed E-state index contributed by atoms with van der Waals surface area (Å²) < 4.78 is 11.1. The molecule has 1 amide bonds. The number of nitrogens with zero attached hydrogens (tertiary/aromatic N) is 3. The standard InChI is InChI=1S/C27H26N4O5/c1-17-11-13-30(14-12-17)24-9-6-20(31(33)34)16-22(24)26(32)28-19-5-10-25-23(15-19)29-27(36-25)18-3-7-21(35-2)8-4-18/h3-10,15-17H,11-14H2,1-2H3,(H,28,32). The lowest BCUT2D eigenvalue weighted by Crippen LogP contribution is -2.34. The maximum atomic E-state index is 13.3. The van der Waals surface area contributed by atoms with E-state index in [4.69, 9.17) is 9.15 Å². The van der Waals surface area contributed by atoms with Crippen LogP contribution in [-0.4, -0.2) is 36.0 Å². The van der Waals surface area contributed by atoms with Crippen molar-refractivity contribution in [3.63, 3.8) is 0 Å². The van der Waals surface area contributed by atoms with Crippen LogP contribution in [0.2, 0.25) is 0 Å². The highest BCUT2D eigenvalue weighted by Gasteiger charge is 2.24. The summed E-state index contributed by atoms with van der Waals surface area (Å²) in [7, 11) is 1.61. The third kappa shape index (κ3) is 4.72. The fourth-order valence-corrected chi connectivity index (χ4v) is 4.41. The van der Waals surface area contributed by atoms with E-state index in [-0.39, 0.29) is 11.3 Å². The number of carbonyl (C=O) groups is 1. The average Bonchev–Trinajstić information content (AvgIpc) is 3.32. The van der Waals surface area contributed by atoms with Gasteiger partial charge in [-0.1, -0.05) is 6.92 Å². The molecule has 0 atom stereocenters. The van der Waals surface area contributed by atoms with Gasteiger partial charge in [0.1, 0.15) is 11.3 Å². The Morgan fingerprint density at radius 1 is 1.11 bits per heavy atom. The minimum absolute atomic E-state index is 0.120. The van der Waals surface area contributed by atoms with E-state index in [1.807, 2.05) is 24.3 Å². The van der Waals surface area contributed by atoms with Gasteiger partial charge in [0, 0.05) is 36.5 Å². The molecule has 36 heavy (non-hydrogen) atoms. The number of anilines is 2. The summed E-state index contributed by atoms with van der Waals surface area (Å²) >= 11 is 0. The monoisotopic (exact) mass is 486 g/mol. The van der Waals surface area contributed by atoms with E-state index in [2.05, 4.69) is 22.1 Å². The second-order valence-corrected chi connectivity index (χ2v) is 9.01. The molecule has 3 aromatic carbocycles. The molecule has 2 heterocycles. The van der Waals surface area contributed by atoms with Gasteiger partial charge in [-0.3, -0.25) is 14.9 Å². The van der Waals surface area contributed by atoms with Gasteiger partial charge in [-0.25, -0.2) is 4.98 Å². The lowest BCUT2D eigenvalue weighted by atomic mass is 9.98. The first-order chi connectivity index (χ1) is 17.4. The molecule has 1 fully saturated rings. The van der Waals surface area contributed by atoms with Gasteiger partial charge in [0.15, 0.2) is 5.58 Å². The van der Waals surface area contributed by atoms with E-state index < -0.39 is 10.8 Å². The van der Waals surface area contributed by atoms with Crippen LogP contribution in [0.25, 0.3) is 22.6 Å². The number of oxazole rings is 1. The predicted octanol–water partition coefficient (Wildman–Crippen LogP) is 5.90. The van der Waals surface area contributed by atoms with Gasteiger partial charge >= 0.3 is 0 Å². The van der Waals surface area contributed by atoms with Crippen molar-refractivity contribution in [3.8, 4) is 17.2 Å². The number of hydrogen-bond acceptors (Lipinski definition) is 7. The van der Waals surface area contributed by atoms with Gasteiger partial charge in [-0.15, -0.1) is 0 Å². The summed E-state index contributed by atoms with van der Waals surface area (Å²) in [6.45, 7) is 3.82. The van der Waals surface area contributed by atoms with E-state index in [1.165, 1.54) is 12.1 Å². The molecule has 1 N–H and O–H groups in total. The molecule has 0 aliphatic carbocycles. The van der Waals surface area contributed by atoms with Crippen molar-refractivity contribution in [2.24, 2.45) is 5.92 Å². The topological polar surface area (TPSA) is 111 Å². The Labute approximate surface area is 207 Å². The summed E-state index contributed by atoms with van der Waals surface area (Å²) in [6.07, 6.45) is 2.02. The second kappa shape index (κ2) is 9.69. The first-order valence-corrected chi connectivity index (χ1v) is 11.8. The van der Waals surface area contributed by atoms with Gasteiger partial charge in [-0.2, -0.15) is 0 Å². The number of amides is 1. The Morgan fingerprint density at radius 2 is 1.86 bits per heavy atom. The van der Waals surface area contributed by atoms with E-state index in [9.17, 15) is 14.9 Å². The highest BCUT2D eigenvalue weighted by molar-refractivity contribution is 6.09. The molecule has 0 unspecified atom stereocenters. The molecule has 4 aromatic rings. The highest BCUT2D eigenvalue weighted by atomic mass is 16.6. The maximum Gasteiger partial charge on any atom is 0.270 e. The molecule has 9 nitrogen and oxygen atoms in total. The number of non-ortho nitro benzene ring substituents is 1. The van der Waals surface area contributed by atoms with Crippen LogP contribution in [0.4, 0.5) is 17.1 Å². The quantitative estimate of drug-likeness (QED) is 0.267. The molecule has 1 saturated heterocycles. The fraction of sp³-hybridized carbons (Fsp3) is 0.259. The van der Waals surface area contributed by atoms with Gasteiger partial charge in [-0.05, 0) is 67.3 Å². The molecule has 1 aliphatic heterocycles. The largest absolute Gasteiger partial charge is 0.497 e. The molecule has 1 aromatic heterocycles. The number of nitrogens with one attached hydrogen (secondary N) is 1. The number of ether oxygens (including phenoxy) is 1. The van der Waals surface area contributed by atoms with Crippen LogP contribution in [0.1, 0.15) is 30.1 Å². The molecule has 0 saturated carbocycles. The average molecular weight is 487 g/mol. The predicted molar refractivity (Wildman–Crippen MR) is 138 cm³/mol. The molecular formula is C27H26N4O5. The van der Waals surface area contributed by atoms with Crippen molar-refractivity contribution in [1.29, 1.82) is 0 Å². The van der Waals surface area contributed by atoms with Crippen molar-refractivity contribution in [2.45, 2.75) is 19.8 Å². The lowest BCUT2D eigenvalue weighted by Gasteiger charge is -2.33. The van der Waals surface area contributed by atoms with E-state index in [0.717, 1.165) is 37.2 Å². The minimum Gasteiger partial charge on any atom is -0.497 e. The Bertz CT molecular complexity index is 1420. The molecule has 184 valence electrons. The number of hydrogen-bond donors (Lipinski definition) is 1. The molecule has 5 rings (SSSR count). The number of carbonyl (C=O) groups excluding carboxylic acids is 1. The summed E-state index contributed by atoms with van der Waals surface area (Å²) in [5, 5.41) is 14.3. The van der Waals surface area contributed by atoms with Gasteiger partial charge in [0.2, 0.25) is 5.89 Å². The third-order valence-electron chi connectivity index (χ3n) is 6.54. The first kappa shape index (κ1) is 23.3. The first-order valence-electron chi connectivity index (χ1n) is 11.8. The zero-order chi connectivity index (χ0) is 25.2. The van der Waals surface area contributed by atoms with Crippen LogP contribution >= 0.6 is 0 Å². The van der Waals surface area contributed by atoms with Crippen molar-refractivity contribution in [3.05, 3.63) is 76.3 Å². The second-order valence-electron chi connectivity index (χ2n) is 9.01. The molecule has 0 radical (unpaired) electrons. The van der Waals surface area contributed by atoms with Crippen LogP contribution in [0.3, 0.4) is 0 Å². The summed E-state index contributed by atoms with van der Waals surface area (Å²) in [4.78, 5) is 30.9. The number of nitro benzene ring substituents is 1. The van der Waals surface area contributed by atoms with Gasteiger partial charge in [0.25, 0.3) is 11.6 Å². The fourth-order valence-electron chi connectivity index (χ4n) is 4.41. The van der Waals surface area contributed by atoms with Crippen molar-refractivity contribution >= 4 is 34.1 Å². The van der Waals surface area contributed by atoms with Gasteiger partial charge < -0.3 is 19.4 Å². The van der Waals surface area contributed by atoms with Crippen LogP contribution in [0.15, 0.2) is 65.1 Å². The highest BCUT2D eigenvalue weighted by Crippen LogP contribution is 2.31. The smallest absolute Gasteiger partial charge is 0.270 e. The zero-order valence-electron chi connectivity index (χ0n) is 20.1. The number of methoxy groups -OCH3 is 1. The van der Waals surface area contributed by atoms with Crippen molar-refractivity contribution < 1.29 is 18.9 Å². The van der Waals surface area contributed by atoms with Crippen molar-refractivity contribution in [2.75, 3.05) is 30.4 Å². The minimum atomic E-state index is -0.485. The van der Waals surface area contributed by atoms with Gasteiger partial charge in [0.05, 0.1) is 23.3 Å². The van der Waals surface area contributed by atoms with Crippen molar-refractivity contribution in [1.82, 2.24) is 4.98 Å². The van der Waals surface area contributed by atoms with Crippen LogP contribution in [-0.2, 0) is 0 Å². The molecule has 0 spiro atoms. The Balaban J connectivity index is 1.42. The third-order valence-corrected chi connectivity index (χ3v) is 6.54. The Kier molecular flexibility index (Phi) is 6.28. The number of benzene rings is 3. The summed E-state index contributed by atoms with van der Waals surface area (Å²) in [5.74, 6) is 1.40. The van der Waals surface area contributed by atoms with E-state index in [0.29, 0.717) is 34.3 Å².